The fourth-order valence-corrected chi connectivity index (χ4v) is 2.35. The van der Waals surface area contributed by atoms with E-state index in [-0.39, 0.29) is 0 Å². The van der Waals surface area contributed by atoms with Crippen LogP contribution in [0.15, 0.2) is 42.5 Å². The molecule has 0 aromatic heterocycles. The number of rotatable bonds is 5. The van der Waals surface area contributed by atoms with Gasteiger partial charge in [0.15, 0.2) is 0 Å². The van der Waals surface area contributed by atoms with Gasteiger partial charge < -0.3 is 9.84 Å². The minimum absolute atomic E-state index is 0.314. The molecule has 0 spiro atoms. The van der Waals surface area contributed by atoms with Crippen LogP contribution in [0, 0.1) is 0 Å². The molecule has 0 aliphatic carbocycles. The molecule has 2 aromatic rings. The van der Waals surface area contributed by atoms with Crippen LogP contribution in [0.3, 0.4) is 0 Å². The van der Waals surface area contributed by atoms with Gasteiger partial charge in [0.2, 0.25) is 0 Å². The van der Waals surface area contributed by atoms with Gasteiger partial charge in [-0.05, 0) is 36.2 Å². The van der Waals surface area contributed by atoms with Gasteiger partial charge in [-0.1, -0.05) is 48.3 Å². The Morgan fingerprint density at radius 3 is 2.20 bits per heavy atom. The number of hydrogen-bond donors (Lipinski definition) is 1. The summed E-state index contributed by atoms with van der Waals surface area (Å²) in [5, 5.41) is 10.9. The lowest BCUT2D eigenvalue weighted by molar-refractivity contribution is 0.173. The van der Waals surface area contributed by atoms with Crippen LogP contribution in [0.2, 0.25) is 10.0 Å². The molecular weight excluding hydrogens is 295 g/mol. The predicted molar refractivity (Wildman–Crippen MR) is 82.5 cm³/mol. The molecule has 0 aliphatic rings. The normalized spacial score (nSPS) is 12.2. The van der Waals surface area contributed by atoms with E-state index < -0.39 is 6.10 Å². The van der Waals surface area contributed by atoms with Gasteiger partial charge in [-0.25, -0.2) is 0 Å². The van der Waals surface area contributed by atoms with Crippen molar-refractivity contribution in [2.75, 3.05) is 0 Å². The van der Waals surface area contributed by atoms with E-state index in [2.05, 4.69) is 0 Å². The molecule has 0 saturated carbocycles. The molecule has 0 radical (unpaired) electrons. The first-order valence-electron chi connectivity index (χ1n) is 6.45. The zero-order valence-electron chi connectivity index (χ0n) is 11.1. The Labute approximate surface area is 128 Å². The van der Waals surface area contributed by atoms with E-state index in [1.807, 2.05) is 31.2 Å². The van der Waals surface area contributed by atoms with E-state index in [0.29, 0.717) is 28.8 Å². The lowest BCUT2D eigenvalue weighted by Gasteiger charge is -2.11. The van der Waals surface area contributed by atoms with Gasteiger partial charge in [0.1, 0.15) is 12.4 Å². The molecule has 20 heavy (non-hydrogen) atoms. The highest BCUT2D eigenvalue weighted by Crippen LogP contribution is 2.26. The highest BCUT2D eigenvalue weighted by atomic mass is 35.5. The highest BCUT2D eigenvalue weighted by molar-refractivity contribution is 6.35. The Hall–Kier alpha value is -1.22. The molecular formula is C16H16Cl2O2. The first-order chi connectivity index (χ1) is 9.61. The maximum Gasteiger partial charge on any atom is 0.119 e. The van der Waals surface area contributed by atoms with Crippen LogP contribution in [-0.4, -0.2) is 5.11 Å². The summed E-state index contributed by atoms with van der Waals surface area (Å²) in [5.74, 6) is 0.716. The van der Waals surface area contributed by atoms with Gasteiger partial charge in [0, 0.05) is 15.6 Å². The maximum absolute atomic E-state index is 9.73. The average molecular weight is 311 g/mol. The Morgan fingerprint density at radius 2 is 1.65 bits per heavy atom. The quantitative estimate of drug-likeness (QED) is 0.840. The summed E-state index contributed by atoms with van der Waals surface area (Å²) in [6, 6.07) is 12.8. The Kier molecular flexibility index (Phi) is 5.30. The van der Waals surface area contributed by atoms with Crippen LogP contribution in [0.4, 0.5) is 0 Å². The Balaban J connectivity index is 2.04. The second kappa shape index (κ2) is 6.98. The van der Waals surface area contributed by atoms with Crippen molar-refractivity contribution in [3.8, 4) is 5.75 Å². The average Bonchev–Trinajstić information content (AvgIpc) is 2.46. The van der Waals surface area contributed by atoms with Crippen LogP contribution in [0.1, 0.15) is 30.6 Å². The molecule has 0 unspecified atom stereocenters. The third kappa shape index (κ3) is 3.66. The number of ether oxygens (including phenoxy) is 1. The molecule has 0 fully saturated rings. The first-order valence-corrected chi connectivity index (χ1v) is 7.21. The summed E-state index contributed by atoms with van der Waals surface area (Å²) >= 11 is 12.2. The molecule has 2 nitrogen and oxygen atoms in total. The van der Waals surface area contributed by atoms with Gasteiger partial charge in [-0.3, -0.25) is 0 Å². The fraction of sp³-hybridized carbons (Fsp3) is 0.250. The predicted octanol–water partition coefficient (Wildman–Crippen LogP) is 5.02. The van der Waals surface area contributed by atoms with E-state index in [4.69, 9.17) is 27.9 Å². The van der Waals surface area contributed by atoms with E-state index >= 15 is 0 Å². The summed E-state index contributed by atoms with van der Waals surface area (Å²) in [4.78, 5) is 0. The molecule has 2 rings (SSSR count). The van der Waals surface area contributed by atoms with Crippen molar-refractivity contribution >= 4 is 23.2 Å². The summed E-state index contributed by atoms with van der Waals surface area (Å²) in [6.45, 7) is 2.25. The van der Waals surface area contributed by atoms with Crippen molar-refractivity contribution in [2.45, 2.75) is 26.1 Å². The number of aliphatic hydroxyl groups excluding tert-OH is 1. The topological polar surface area (TPSA) is 29.5 Å². The van der Waals surface area contributed by atoms with Crippen molar-refractivity contribution in [1.82, 2.24) is 0 Å². The zero-order valence-corrected chi connectivity index (χ0v) is 12.7. The Bertz CT molecular complexity index is 547. The smallest absolute Gasteiger partial charge is 0.119 e. The summed E-state index contributed by atoms with van der Waals surface area (Å²) in [6.07, 6.45) is 0.261. The molecule has 0 saturated heterocycles. The SMILES string of the molecule is CC[C@H](O)c1ccc(OCc2c(Cl)cccc2Cl)cc1. The molecule has 1 atom stereocenters. The molecule has 4 heteroatoms. The van der Waals surface area contributed by atoms with Gasteiger partial charge in [-0.15, -0.1) is 0 Å². The van der Waals surface area contributed by atoms with Gasteiger partial charge in [0.05, 0.1) is 6.10 Å². The van der Waals surface area contributed by atoms with Crippen molar-refractivity contribution in [3.05, 3.63) is 63.6 Å². The number of benzene rings is 2. The molecule has 0 amide bonds. The first kappa shape index (κ1) is 15.2. The maximum atomic E-state index is 9.73. The molecule has 106 valence electrons. The lowest BCUT2D eigenvalue weighted by atomic mass is 10.1. The van der Waals surface area contributed by atoms with Crippen LogP contribution in [-0.2, 0) is 6.61 Å². The third-order valence-corrected chi connectivity index (χ3v) is 3.80. The van der Waals surface area contributed by atoms with E-state index in [1.54, 1.807) is 18.2 Å². The zero-order chi connectivity index (χ0) is 14.5. The summed E-state index contributed by atoms with van der Waals surface area (Å²) < 4.78 is 5.67. The second-order valence-corrected chi connectivity index (χ2v) is 5.30. The van der Waals surface area contributed by atoms with Crippen molar-refractivity contribution in [2.24, 2.45) is 0 Å². The van der Waals surface area contributed by atoms with E-state index in [1.165, 1.54) is 0 Å². The number of hydrogen-bond acceptors (Lipinski definition) is 2. The van der Waals surface area contributed by atoms with E-state index in [9.17, 15) is 5.11 Å². The standard InChI is InChI=1S/C16H16Cl2O2/c1-2-16(19)11-6-8-12(9-7-11)20-10-13-14(17)4-3-5-15(13)18/h3-9,16,19H,2,10H2,1H3/t16-/m0/s1. The van der Waals surface area contributed by atoms with E-state index in [0.717, 1.165) is 11.1 Å². The van der Waals surface area contributed by atoms with Crippen LogP contribution < -0.4 is 4.74 Å². The summed E-state index contributed by atoms with van der Waals surface area (Å²) in [7, 11) is 0. The van der Waals surface area contributed by atoms with Crippen molar-refractivity contribution in [1.29, 1.82) is 0 Å². The van der Waals surface area contributed by atoms with Crippen LogP contribution >= 0.6 is 23.2 Å². The van der Waals surface area contributed by atoms with Crippen molar-refractivity contribution < 1.29 is 9.84 Å². The minimum Gasteiger partial charge on any atom is -0.489 e. The monoisotopic (exact) mass is 310 g/mol. The van der Waals surface area contributed by atoms with Crippen LogP contribution in [0.25, 0.3) is 0 Å². The molecule has 1 N–H and O–H groups in total. The molecule has 0 aliphatic heterocycles. The van der Waals surface area contributed by atoms with Gasteiger partial charge in [0.25, 0.3) is 0 Å². The third-order valence-electron chi connectivity index (χ3n) is 3.10. The van der Waals surface area contributed by atoms with Crippen LogP contribution in [0.5, 0.6) is 5.75 Å². The second-order valence-electron chi connectivity index (χ2n) is 4.48. The van der Waals surface area contributed by atoms with Gasteiger partial charge in [-0.2, -0.15) is 0 Å². The fourth-order valence-electron chi connectivity index (χ4n) is 1.85. The van der Waals surface area contributed by atoms with Gasteiger partial charge >= 0.3 is 0 Å². The summed E-state index contributed by atoms with van der Waals surface area (Å²) in [5.41, 5.74) is 1.66. The number of halogens is 2. The largest absolute Gasteiger partial charge is 0.489 e. The van der Waals surface area contributed by atoms with Crippen molar-refractivity contribution in [3.63, 3.8) is 0 Å². The Morgan fingerprint density at radius 1 is 1.05 bits per heavy atom. The minimum atomic E-state index is -0.429. The lowest BCUT2D eigenvalue weighted by Crippen LogP contribution is -1.98. The highest BCUT2D eigenvalue weighted by Gasteiger charge is 2.07. The number of aliphatic hydroxyl groups is 1. The molecule has 0 heterocycles. The molecule has 2 aromatic carbocycles. The molecule has 0 bridgehead atoms.